The highest BCUT2D eigenvalue weighted by atomic mass is 79.9. The van der Waals surface area contributed by atoms with Crippen LogP contribution in [0.4, 0.5) is 0 Å². The van der Waals surface area contributed by atoms with Crippen molar-refractivity contribution in [2.45, 2.75) is 25.4 Å². The van der Waals surface area contributed by atoms with Crippen LogP contribution in [0.3, 0.4) is 0 Å². The average Bonchev–Trinajstić information content (AvgIpc) is 2.13. The number of alkyl halides is 1. The third kappa shape index (κ3) is 1.45. The van der Waals surface area contributed by atoms with Crippen molar-refractivity contribution in [1.29, 1.82) is 0 Å². The van der Waals surface area contributed by atoms with Crippen molar-refractivity contribution in [2.24, 2.45) is 0 Å². The molecule has 2 nitrogen and oxygen atoms in total. The van der Waals surface area contributed by atoms with Gasteiger partial charge in [-0.3, -0.25) is 4.79 Å². The number of esters is 1. The third-order valence-corrected chi connectivity index (χ3v) is 2.69. The molecule has 0 aromatic heterocycles. The molecule has 1 atom stereocenters. The van der Waals surface area contributed by atoms with Crippen molar-refractivity contribution in [2.75, 3.05) is 5.33 Å². The molecule has 0 N–H and O–H groups in total. The molecule has 0 bridgehead atoms. The summed E-state index contributed by atoms with van der Waals surface area (Å²) in [6.45, 7) is 1.94. The molecule has 0 aromatic carbocycles. The predicted molar refractivity (Wildman–Crippen MR) is 37.5 cm³/mol. The molecule has 0 unspecified atom stereocenters. The van der Waals surface area contributed by atoms with E-state index in [1.54, 1.807) is 0 Å². The summed E-state index contributed by atoms with van der Waals surface area (Å²) in [5.41, 5.74) is -0.225. The van der Waals surface area contributed by atoms with Gasteiger partial charge in [0.1, 0.15) is 5.60 Å². The van der Waals surface area contributed by atoms with Crippen molar-refractivity contribution >= 4 is 21.9 Å². The van der Waals surface area contributed by atoms with Gasteiger partial charge in [0.15, 0.2) is 0 Å². The molecule has 3 heteroatoms. The maximum Gasteiger partial charge on any atom is 0.306 e. The number of cyclic esters (lactones) is 1. The fourth-order valence-corrected chi connectivity index (χ4v) is 1.23. The first kappa shape index (κ1) is 7.06. The van der Waals surface area contributed by atoms with Crippen LogP contribution in [0.5, 0.6) is 0 Å². The molecule has 1 saturated heterocycles. The number of hydrogen-bond donors (Lipinski definition) is 0. The number of ether oxygens (including phenoxy) is 1. The van der Waals surface area contributed by atoms with Gasteiger partial charge >= 0.3 is 5.97 Å². The van der Waals surface area contributed by atoms with Crippen molar-refractivity contribution in [3.8, 4) is 0 Å². The summed E-state index contributed by atoms with van der Waals surface area (Å²) in [6, 6.07) is 0. The Morgan fingerprint density at radius 3 is 2.78 bits per heavy atom. The lowest BCUT2D eigenvalue weighted by Gasteiger charge is -2.18. The van der Waals surface area contributed by atoms with Gasteiger partial charge < -0.3 is 4.74 Å². The molecule has 9 heavy (non-hydrogen) atoms. The molecule has 1 aliphatic heterocycles. The Bertz CT molecular complexity index is 135. The molecule has 0 aliphatic carbocycles. The van der Waals surface area contributed by atoms with Crippen molar-refractivity contribution in [3.05, 3.63) is 0 Å². The van der Waals surface area contributed by atoms with E-state index in [-0.39, 0.29) is 11.6 Å². The van der Waals surface area contributed by atoms with Gasteiger partial charge in [0.25, 0.3) is 0 Å². The highest BCUT2D eigenvalue weighted by Gasteiger charge is 2.34. The van der Waals surface area contributed by atoms with Gasteiger partial charge in [-0.25, -0.2) is 0 Å². The molecule has 1 fully saturated rings. The molecule has 52 valence electrons. The summed E-state index contributed by atoms with van der Waals surface area (Å²) in [5, 5.41) is 0.742. The molecule has 0 amide bonds. The topological polar surface area (TPSA) is 26.3 Å². The van der Waals surface area contributed by atoms with Crippen LogP contribution < -0.4 is 0 Å². The lowest BCUT2D eigenvalue weighted by atomic mass is 10.1. The fourth-order valence-electron chi connectivity index (χ4n) is 0.837. The van der Waals surface area contributed by atoms with Crippen molar-refractivity contribution in [3.63, 3.8) is 0 Å². The van der Waals surface area contributed by atoms with Gasteiger partial charge in [-0.05, 0) is 13.3 Å². The Morgan fingerprint density at radius 1 is 1.89 bits per heavy atom. The highest BCUT2D eigenvalue weighted by Crippen LogP contribution is 2.27. The normalized spacial score (nSPS) is 34.7. The highest BCUT2D eigenvalue weighted by molar-refractivity contribution is 9.09. The molecule has 1 heterocycles. The van der Waals surface area contributed by atoms with Crippen LogP contribution in [0.25, 0.3) is 0 Å². The SMILES string of the molecule is C[C@@]1(CBr)CCC(=O)O1. The summed E-state index contributed by atoms with van der Waals surface area (Å²) < 4.78 is 5.01. The van der Waals surface area contributed by atoms with Gasteiger partial charge in [-0.2, -0.15) is 0 Å². The van der Waals surface area contributed by atoms with Crippen LogP contribution in [-0.2, 0) is 9.53 Å². The molecule has 0 saturated carbocycles. The largest absolute Gasteiger partial charge is 0.458 e. The molecule has 0 spiro atoms. The minimum absolute atomic E-state index is 0.0723. The minimum atomic E-state index is -0.225. The van der Waals surface area contributed by atoms with Crippen molar-refractivity contribution < 1.29 is 9.53 Å². The second-order valence-electron chi connectivity index (χ2n) is 2.56. The first-order valence-electron chi connectivity index (χ1n) is 2.94. The molecule has 0 radical (unpaired) electrons. The number of hydrogen-bond acceptors (Lipinski definition) is 2. The van der Waals surface area contributed by atoms with E-state index in [9.17, 15) is 4.79 Å². The van der Waals surface area contributed by atoms with Crippen LogP contribution in [0.2, 0.25) is 0 Å². The Morgan fingerprint density at radius 2 is 2.56 bits per heavy atom. The van der Waals surface area contributed by atoms with E-state index < -0.39 is 0 Å². The first-order chi connectivity index (χ1) is 4.16. The summed E-state index contributed by atoms with van der Waals surface area (Å²) in [4.78, 5) is 10.6. The first-order valence-corrected chi connectivity index (χ1v) is 4.06. The zero-order valence-corrected chi connectivity index (χ0v) is 6.90. The molecular weight excluding hydrogens is 184 g/mol. The zero-order chi connectivity index (χ0) is 6.91. The quantitative estimate of drug-likeness (QED) is 0.465. The van der Waals surface area contributed by atoms with Crippen LogP contribution >= 0.6 is 15.9 Å². The number of halogens is 1. The minimum Gasteiger partial charge on any atom is -0.458 e. The monoisotopic (exact) mass is 192 g/mol. The van der Waals surface area contributed by atoms with E-state index in [1.165, 1.54) is 0 Å². The maximum atomic E-state index is 10.6. The maximum absolute atomic E-state index is 10.6. The van der Waals surface area contributed by atoms with E-state index in [2.05, 4.69) is 15.9 Å². The summed E-state index contributed by atoms with van der Waals surface area (Å²) in [6.07, 6.45) is 1.42. The molecule has 0 aromatic rings. The number of rotatable bonds is 1. The van der Waals surface area contributed by atoms with E-state index in [0.717, 1.165) is 11.8 Å². The second-order valence-corrected chi connectivity index (χ2v) is 3.12. The number of carbonyl (C=O) groups excluding carboxylic acids is 1. The Labute approximate surface area is 62.7 Å². The van der Waals surface area contributed by atoms with Crippen molar-refractivity contribution in [1.82, 2.24) is 0 Å². The van der Waals surface area contributed by atoms with E-state index in [1.807, 2.05) is 6.92 Å². The van der Waals surface area contributed by atoms with Crippen LogP contribution in [0, 0.1) is 0 Å². The molecule has 1 aliphatic rings. The van der Waals surface area contributed by atoms with Gasteiger partial charge in [-0.15, -0.1) is 0 Å². The average molecular weight is 193 g/mol. The number of carbonyl (C=O) groups is 1. The zero-order valence-electron chi connectivity index (χ0n) is 5.32. The van der Waals surface area contributed by atoms with Gasteiger partial charge in [-0.1, -0.05) is 15.9 Å². The summed E-state index contributed by atoms with van der Waals surface area (Å²) in [5.74, 6) is -0.0723. The smallest absolute Gasteiger partial charge is 0.306 e. The van der Waals surface area contributed by atoms with Gasteiger partial charge in [0.2, 0.25) is 0 Å². The van der Waals surface area contributed by atoms with Gasteiger partial charge in [0, 0.05) is 11.8 Å². The van der Waals surface area contributed by atoms with Crippen LogP contribution in [0.1, 0.15) is 19.8 Å². The molecular formula is C6H9BrO2. The van der Waals surface area contributed by atoms with E-state index >= 15 is 0 Å². The fraction of sp³-hybridized carbons (Fsp3) is 0.833. The third-order valence-electron chi connectivity index (χ3n) is 1.50. The van der Waals surface area contributed by atoms with Crippen LogP contribution in [0.15, 0.2) is 0 Å². The lowest BCUT2D eigenvalue weighted by Crippen LogP contribution is -2.25. The Kier molecular flexibility index (Phi) is 1.80. The van der Waals surface area contributed by atoms with Crippen LogP contribution in [-0.4, -0.2) is 16.9 Å². The van der Waals surface area contributed by atoms with Gasteiger partial charge in [0.05, 0.1) is 0 Å². The Hall–Kier alpha value is -0.0500. The summed E-state index contributed by atoms with van der Waals surface area (Å²) >= 11 is 3.28. The summed E-state index contributed by atoms with van der Waals surface area (Å²) in [7, 11) is 0. The standard InChI is InChI=1S/C6H9BrO2/c1-6(4-7)3-2-5(8)9-6/h2-4H2,1H3/t6-/m0/s1. The lowest BCUT2D eigenvalue weighted by molar-refractivity contribution is -0.145. The van der Waals surface area contributed by atoms with E-state index in [0.29, 0.717) is 6.42 Å². The predicted octanol–water partition coefficient (Wildman–Crippen LogP) is 1.48. The molecule has 1 rings (SSSR count). The second kappa shape index (κ2) is 2.29. The Balaban J connectivity index is 2.54. The van der Waals surface area contributed by atoms with E-state index in [4.69, 9.17) is 4.74 Å².